The molecule has 1 aliphatic rings. The Morgan fingerprint density at radius 3 is 2.62 bits per heavy atom. The highest BCUT2D eigenvalue weighted by molar-refractivity contribution is 9.10. The summed E-state index contributed by atoms with van der Waals surface area (Å²) in [5.74, 6) is -0.0682. The van der Waals surface area contributed by atoms with Gasteiger partial charge in [0.2, 0.25) is 11.8 Å². The molecule has 1 aliphatic heterocycles. The molecule has 5 nitrogen and oxygen atoms in total. The van der Waals surface area contributed by atoms with Crippen LogP contribution in [0.4, 0.5) is 0 Å². The second kappa shape index (κ2) is 6.56. The zero-order chi connectivity index (χ0) is 15.5. The van der Waals surface area contributed by atoms with Crippen LogP contribution in [0.5, 0.6) is 0 Å². The molecule has 0 bridgehead atoms. The summed E-state index contributed by atoms with van der Waals surface area (Å²) in [6, 6.07) is 3.79. The Hall–Kier alpha value is -1.43. The molecule has 2 amide bonds. The van der Waals surface area contributed by atoms with Crippen molar-refractivity contribution < 1.29 is 9.59 Å². The van der Waals surface area contributed by atoms with Gasteiger partial charge < -0.3 is 10.2 Å². The summed E-state index contributed by atoms with van der Waals surface area (Å²) in [5.41, 5.74) is 0.0464. The number of halogens is 1. The highest BCUT2D eigenvalue weighted by Gasteiger charge is 2.41. The molecule has 1 aromatic rings. The molecular formula is C15H20BrN3O2. The number of nitrogens with one attached hydrogen (secondary N) is 1. The number of carbonyl (C=O) groups is 2. The number of aromatic nitrogens is 1. The van der Waals surface area contributed by atoms with Gasteiger partial charge in [-0.05, 0) is 40.9 Å². The van der Waals surface area contributed by atoms with Crippen LogP contribution in [0.1, 0.15) is 38.8 Å². The normalized spacial score (nSPS) is 18.3. The van der Waals surface area contributed by atoms with E-state index in [1.807, 2.05) is 26.0 Å². The standard InChI is InChI=1S/C15H20BrN3O2/c1-3-15(4-2)14(21)19(8-7-13(20)18-15)10-12-6-5-11(16)9-17-12/h5-6,9H,3-4,7-8,10H2,1-2H3,(H,18,20). The molecule has 0 atom stereocenters. The summed E-state index contributed by atoms with van der Waals surface area (Å²) in [6.07, 6.45) is 3.24. The minimum Gasteiger partial charge on any atom is -0.342 e. The van der Waals surface area contributed by atoms with Crippen LogP contribution in [0.25, 0.3) is 0 Å². The summed E-state index contributed by atoms with van der Waals surface area (Å²) >= 11 is 3.35. The highest BCUT2D eigenvalue weighted by atomic mass is 79.9. The lowest BCUT2D eigenvalue weighted by atomic mass is 9.91. The predicted molar refractivity (Wildman–Crippen MR) is 83.4 cm³/mol. The second-order valence-corrected chi connectivity index (χ2v) is 6.20. The average molecular weight is 354 g/mol. The van der Waals surface area contributed by atoms with Gasteiger partial charge in [0.25, 0.3) is 0 Å². The van der Waals surface area contributed by atoms with Gasteiger partial charge in [0, 0.05) is 23.6 Å². The minimum atomic E-state index is -0.775. The number of hydrogen-bond acceptors (Lipinski definition) is 3. The first kappa shape index (κ1) is 15.9. The quantitative estimate of drug-likeness (QED) is 0.902. The van der Waals surface area contributed by atoms with Crippen LogP contribution in [-0.2, 0) is 16.1 Å². The molecule has 1 N–H and O–H groups in total. The van der Waals surface area contributed by atoms with Crippen LogP contribution in [0, 0.1) is 0 Å². The van der Waals surface area contributed by atoms with Gasteiger partial charge in [0.1, 0.15) is 5.54 Å². The van der Waals surface area contributed by atoms with Crippen molar-refractivity contribution in [3.8, 4) is 0 Å². The topological polar surface area (TPSA) is 62.3 Å². The fourth-order valence-corrected chi connectivity index (χ4v) is 2.83. The fourth-order valence-electron chi connectivity index (χ4n) is 2.60. The summed E-state index contributed by atoms with van der Waals surface area (Å²) in [5, 5.41) is 2.91. The molecule has 0 aliphatic carbocycles. The number of pyridine rings is 1. The van der Waals surface area contributed by atoms with Crippen molar-refractivity contribution in [3.05, 3.63) is 28.5 Å². The van der Waals surface area contributed by atoms with Crippen molar-refractivity contribution >= 4 is 27.7 Å². The molecule has 0 radical (unpaired) electrons. The Balaban J connectivity index is 2.23. The summed E-state index contributed by atoms with van der Waals surface area (Å²) in [4.78, 5) is 30.8. The van der Waals surface area contributed by atoms with E-state index < -0.39 is 5.54 Å². The molecule has 1 saturated heterocycles. The molecule has 6 heteroatoms. The minimum absolute atomic E-state index is 0.0110. The van der Waals surface area contributed by atoms with Crippen LogP contribution in [0.3, 0.4) is 0 Å². The monoisotopic (exact) mass is 353 g/mol. The van der Waals surface area contributed by atoms with Crippen molar-refractivity contribution in [1.29, 1.82) is 0 Å². The highest BCUT2D eigenvalue weighted by Crippen LogP contribution is 2.23. The van der Waals surface area contributed by atoms with E-state index in [1.54, 1.807) is 11.1 Å². The number of amides is 2. The Morgan fingerprint density at radius 2 is 2.05 bits per heavy atom. The molecule has 114 valence electrons. The zero-order valence-electron chi connectivity index (χ0n) is 12.4. The lowest BCUT2D eigenvalue weighted by Crippen LogP contribution is -2.56. The van der Waals surface area contributed by atoms with E-state index in [0.29, 0.717) is 32.4 Å². The number of hydrogen-bond donors (Lipinski definition) is 1. The van der Waals surface area contributed by atoms with Crippen molar-refractivity contribution in [2.24, 2.45) is 0 Å². The molecular weight excluding hydrogens is 334 g/mol. The van der Waals surface area contributed by atoms with Gasteiger partial charge in [-0.15, -0.1) is 0 Å². The lowest BCUT2D eigenvalue weighted by molar-refractivity contribution is -0.139. The van der Waals surface area contributed by atoms with E-state index in [2.05, 4.69) is 26.2 Å². The van der Waals surface area contributed by atoms with Crippen molar-refractivity contribution in [3.63, 3.8) is 0 Å². The zero-order valence-corrected chi connectivity index (χ0v) is 13.9. The van der Waals surface area contributed by atoms with E-state index >= 15 is 0 Å². The van der Waals surface area contributed by atoms with Gasteiger partial charge in [-0.1, -0.05) is 13.8 Å². The van der Waals surface area contributed by atoms with Crippen LogP contribution < -0.4 is 5.32 Å². The van der Waals surface area contributed by atoms with Crippen LogP contribution >= 0.6 is 15.9 Å². The number of rotatable bonds is 4. The molecule has 21 heavy (non-hydrogen) atoms. The van der Waals surface area contributed by atoms with E-state index in [-0.39, 0.29) is 11.8 Å². The van der Waals surface area contributed by atoms with Gasteiger partial charge in [-0.2, -0.15) is 0 Å². The van der Waals surface area contributed by atoms with Gasteiger partial charge in [0.15, 0.2) is 0 Å². The molecule has 0 aromatic carbocycles. The Labute approximate surface area is 133 Å². The third-order valence-corrected chi connectivity index (χ3v) is 4.50. The Bertz CT molecular complexity index is 526. The predicted octanol–water partition coefficient (Wildman–Crippen LogP) is 2.25. The number of nitrogens with zero attached hydrogens (tertiary/aromatic N) is 2. The fraction of sp³-hybridized carbons (Fsp3) is 0.533. The molecule has 1 aromatic heterocycles. The van der Waals surface area contributed by atoms with Gasteiger partial charge in [-0.3, -0.25) is 14.6 Å². The first-order chi connectivity index (χ1) is 10.0. The molecule has 0 unspecified atom stereocenters. The van der Waals surface area contributed by atoms with Crippen molar-refractivity contribution in [2.75, 3.05) is 6.54 Å². The number of carbonyl (C=O) groups excluding carboxylic acids is 2. The summed E-state index contributed by atoms with van der Waals surface area (Å²) < 4.78 is 0.904. The van der Waals surface area contributed by atoms with E-state index in [4.69, 9.17) is 0 Å². The second-order valence-electron chi connectivity index (χ2n) is 5.28. The Kier molecular flexibility index (Phi) is 4.98. The van der Waals surface area contributed by atoms with E-state index in [1.165, 1.54) is 0 Å². The SMILES string of the molecule is CCC1(CC)NC(=O)CCN(Cc2ccc(Br)cn2)C1=O. The van der Waals surface area contributed by atoms with Gasteiger partial charge in [-0.25, -0.2) is 0 Å². The van der Waals surface area contributed by atoms with Crippen molar-refractivity contribution in [2.45, 2.75) is 45.2 Å². The third-order valence-electron chi connectivity index (χ3n) is 4.03. The first-order valence-electron chi connectivity index (χ1n) is 7.21. The largest absolute Gasteiger partial charge is 0.342 e. The van der Waals surface area contributed by atoms with Crippen LogP contribution in [0.2, 0.25) is 0 Å². The van der Waals surface area contributed by atoms with Crippen LogP contribution in [0.15, 0.2) is 22.8 Å². The van der Waals surface area contributed by atoms with Crippen LogP contribution in [-0.4, -0.2) is 33.8 Å². The third kappa shape index (κ3) is 3.43. The Morgan fingerprint density at radius 1 is 1.33 bits per heavy atom. The molecule has 0 saturated carbocycles. The maximum absolute atomic E-state index is 12.8. The molecule has 0 spiro atoms. The molecule has 1 fully saturated rings. The maximum Gasteiger partial charge on any atom is 0.248 e. The van der Waals surface area contributed by atoms with Gasteiger partial charge in [0.05, 0.1) is 12.2 Å². The summed E-state index contributed by atoms with van der Waals surface area (Å²) in [6.45, 7) is 4.74. The average Bonchev–Trinajstić information content (AvgIpc) is 2.61. The van der Waals surface area contributed by atoms with Gasteiger partial charge >= 0.3 is 0 Å². The van der Waals surface area contributed by atoms with E-state index in [9.17, 15) is 9.59 Å². The first-order valence-corrected chi connectivity index (χ1v) is 8.01. The van der Waals surface area contributed by atoms with Crippen molar-refractivity contribution in [1.82, 2.24) is 15.2 Å². The molecule has 2 heterocycles. The maximum atomic E-state index is 12.8. The smallest absolute Gasteiger partial charge is 0.248 e. The molecule has 2 rings (SSSR count). The summed E-state index contributed by atoms with van der Waals surface area (Å²) in [7, 11) is 0. The van der Waals surface area contributed by atoms with E-state index in [0.717, 1.165) is 10.2 Å². The lowest BCUT2D eigenvalue weighted by Gasteiger charge is -2.33.